The van der Waals surface area contributed by atoms with Gasteiger partial charge in [0.05, 0.1) is 0 Å². The van der Waals surface area contributed by atoms with Gasteiger partial charge < -0.3 is 0 Å². The summed E-state index contributed by atoms with van der Waals surface area (Å²) >= 11 is 0. The standard InChI is InChI=1S/C3H3O2/c4-2-1-3(2)5/h2H,1H2. The van der Waals surface area contributed by atoms with Crippen LogP contribution in [0.4, 0.5) is 0 Å². The average molecular weight is 71.1 g/mol. The molecule has 2 nitrogen and oxygen atoms in total. The minimum atomic E-state index is -0.838. The van der Waals surface area contributed by atoms with Crippen LogP contribution in [0.2, 0.25) is 0 Å². The van der Waals surface area contributed by atoms with Crippen molar-refractivity contribution in [3.63, 3.8) is 0 Å². The van der Waals surface area contributed by atoms with Gasteiger partial charge in [-0.3, -0.25) is 4.79 Å². The molecule has 0 spiro atoms. The second kappa shape index (κ2) is 0.571. The van der Waals surface area contributed by atoms with Crippen LogP contribution >= 0.6 is 0 Å². The Morgan fingerprint density at radius 3 is 2.00 bits per heavy atom. The van der Waals surface area contributed by atoms with Gasteiger partial charge in [0.15, 0.2) is 11.9 Å². The van der Waals surface area contributed by atoms with Gasteiger partial charge in [-0.1, -0.05) is 0 Å². The predicted molar refractivity (Wildman–Crippen MR) is 14.1 cm³/mol. The number of rotatable bonds is 0. The highest BCUT2D eigenvalue weighted by atomic mass is 16.3. The van der Waals surface area contributed by atoms with E-state index in [0.717, 1.165) is 0 Å². The van der Waals surface area contributed by atoms with E-state index in [1.54, 1.807) is 0 Å². The molecule has 0 aromatic carbocycles. The van der Waals surface area contributed by atoms with Gasteiger partial charge in [-0.2, -0.15) is 0 Å². The molecule has 1 aliphatic carbocycles. The van der Waals surface area contributed by atoms with Crippen molar-refractivity contribution in [1.82, 2.24) is 0 Å². The Balaban J connectivity index is 2.47. The van der Waals surface area contributed by atoms with Crippen molar-refractivity contribution in [2.45, 2.75) is 12.5 Å². The number of ketones is 1. The van der Waals surface area contributed by atoms with E-state index in [9.17, 15) is 9.90 Å². The zero-order chi connectivity index (χ0) is 3.86. The molecule has 0 N–H and O–H groups in total. The van der Waals surface area contributed by atoms with E-state index in [1.807, 2.05) is 0 Å². The summed E-state index contributed by atoms with van der Waals surface area (Å²) in [5.74, 6) is -0.134. The van der Waals surface area contributed by atoms with Gasteiger partial charge in [0, 0.05) is 6.42 Å². The van der Waals surface area contributed by atoms with Gasteiger partial charge in [-0.15, -0.1) is 0 Å². The third-order valence-corrected chi connectivity index (χ3v) is 0.586. The Morgan fingerprint density at radius 1 is 1.80 bits per heavy atom. The fourth-order valence-electron chi connectivity index (χ4n) is 0.124. The molecule has 1 saturated carbocycles. The first-order valence-corrected chi connectivity index (χ1v) is 1.49. The smallest absolute Gasteiger partial charge is 0.168 e. The van der Waals surface area contributed by atoms with Crippen LogP contribution in [0.5, 0.6) is 0 Å². The minimum absolute atomic E-state index is 0.134. The van der Waals surface area contributed by atoms with Crippen molar-refractivity contribution in [3.8, 4) is 0 Å². The summed E-state index contributed by atoms with van der Waals surface area (Å²) < 4.78 is 0. The topological polar surface area (TPSA) is 37.0 Å². The summed E-state index contributed by atoms with van der Waals surface area (Å²) in [7, 11) is 0. The number of carbonyl (C=O) groups is 1. The molecule has 1 fully saturated rings. The molecule has 2 heteroatoms. The van der Waals surface area contributed by atoms with Gasteiger partial charge in [0.1, 0.15) is 0 Å². The van der Waals surface area contributed by atoms with E-state index >= 15 is 0 Å². The highest BCUT2D eigenvalue weighted by Gasteiger charge is 2.33. The molecular weight excluding hydrogens is 68.0 g/mol. The van der Waals surface area contributed by atoms with Gasteiger partial charge in [0.2, 0.25) is 0 Å². The average Bonchev–Trinajstić information content (AvgIpc) is 1.79. The lowest BCUT2D eigenvalue weighted by atomic mass is 10.9. The van der Waals surface area contributed by atoms with Crippen LogP contribution in [-0.2, 0) is 9.90 Å². The Morgan fingerprint density at radius 2 is 2.00 bits per heavy atom. The van der Waals surface area contributed by atoms with E-state index in [0.29, 0.717) is 0 Å². The van der Waals surface area contributed by atoms with Crippen LogP contribution in [0, 0.1) is 0 Å². The molecule has 1 unspecified atom stereocenters. The molecular formula is C3H3O2. The Bertz CT molecular complexity index is 67.3. The fourth-order valence-corrected chi connectivity index (χ4v) is 0.124. The summed E-state index contributed by atoms with van der Waals surface area (Å²) in [6, 6.07) is 0. The summed E-state index contributed by atoms with van der Waals surface area (Å²) in [6.45, 7) is 0. The molecule has 0 saturated heterocycles. The Hall–Kier alpha value is -0.370. The third kappa shape index (κ3) is 0.304. The molecule has 0 amide bonds. The first-order chi connectivity index (χ1) is 2.30. The van der Waals surface area contributed by atoms with E-state index in [4.69, 9.17) is 0 Å². The van der Waals surface area contributed by atoms with E-state index in [1.165, 1.54) is 0 Å². The van der Waals surface area contributed by atoms with Crippen LogP contribution in [0.1, 0.15) is 6.42 Å². The molecule has 0 heterocycles. The maximum Gasteiger partial charge on any atom is 0.168 e. The largest absolute Gasteiger partial charge is 0.296 e. The van der Waals surface area contributed by atoms with E-state index in [-0.39, 0.29) is 12.2 Å². The lowest BCUT2D eigenvalue weighted by Crippen LogP contribution is -1.73. The maximum atomic E-state index is 9.62. The van der Waals surface area contributed by atoms with Gasteiger partial charge in [-0.05, 0) is 0 Å². The van der Waals surface area contributed by atoms with Crippen LogP contribution in [-0.4, -0.2) is 11.9 Å². The predicted octanol–water partition coefficient (Wildman–Crippen LogP) is -0.242. The highest BCUT2D eigenvalue weighted by Crippen LogP contribution is 2.12. The van der Waals surface area contributed by atoms with E-state index in [2.05, 4.69) is 0 Å². The molecule has 0 bridgehead atoms. The quantitative estimate of drug-likeness (QED) is 0.388. The van der Waals surface area contributed by atoms with Crippen LogP contribution < -0.4 is 0 Å². The van der Waals surface area contributed by atoms with Crippen LogP contribution in [0.3, 0.4) is 0 Å². The number of hydrogen-bond acceptors (Lipinski definition) is 1. The zero-order valence-electron chi connectivity index (χ0n) is 2.60. The van der Waals surface area contributed by atoms with Gasteiger partial charge in [-0.25, -0.2) is 5.11 Å². The lowest BCUT2D eigenvalue weighted by molar-refractivity contribution is -0.113. The fraction of sp³-hybridized carbons (Fsp3) is 0.667. The molecule has 1 radical (unpaired) electrons. The molecule has 0 aliphatic heterocycles. The monoisotopic (exact) mass is 71.0 g/mol. The summed E-state index contributed by atoms with van der Waals surface area (Å²) in [5, 5.41) is 9.62. The Labute approximate surface area is 29.4 Å². The van der Waals surface area contributed by atoms with Gasteiger partial charge in [0.25, 0.3) is 0 Å². The summed E-state index contributed by atoms with van der Waals surface area (Å²) in [4.78, 5) is 9.57. The molecule has 5 heavy (non-hydrogen) atoms. The molecule has 1 aliphatic rings. The molecule has 1 rings (SSSR count). The third-order valence-electron chi connectivity index (χ3n) is 0.586. The maximum absolute atomic E-state index is 9.62. The van der Waals surface area contributed by atoms with Crippen LogP contribution in [0.15, 0.2) is 0 Å². The lowest BCUT2D eigenvalue weighted by Gasteiger charge is -1.49. The van der Waals surface area contributed by atoms with Crippen molar-refractivity contribution in [2.24, 2.45) is 0 Å². The van der Waals surface area contributed by atoms with Crippen molar-refractivity contribution in [1.29, 1.82) is 0 Å². The summed E-state index contributed by atoms with van der Waals surface area (Å²) in [5.41, 5.74) is 0. The molecule has 27 valence electrons. The first-order valence-electron chi connectivity index (χ1n) is 1.49. The first kappa shape index (κ1) is 2.85. The normalized spacial score (nSPS) is 34.6. The number of Topliss-reactive ketones (excluding diaryl/α,β-unsaturated/α-hetero) is 1. The zero-order valence-corrected chi connectivity index (χ0v) is 2.60. The summed E-state index contributed by atoms with van der Waals surface area (Å²) in [6.07, 6.45) is -0.560. The van der Waals surface area contributed by atoms with Crippen molar-refractivity contribution >= 4 is 5.78 Å². The van der Waals surface area contributed by atoms with Crippen molar-refractivity contribution in [3.05, 3.63) is 0 Å². The second-order valence-electron chi connectivity index (χ2n) is 1.16. The van der Waals surface area contributed by atoms with Crippen LogP contribution in [0.25, 0.3) is 0 Å². The molecule has 0 aromatic heterocycles. The Kier molecular flexibility index (Phi) is 0.325. The minimum Gasteiger partial charge on any atom is -0.296 e. The molecule has 0 aromatic rings. The second-order valence-corrected chi connectivity index (χ2v) is 1.16. The number of hydrogen-bond donors (Lipinski definition) is 0. The SMILES string of the molecule is [O]C1CC1=O. The number of carbonyl (C=O) groups excluding carboxylic acids is 1. The van der Waals surface area contributed by atoms with E-state index < -0.39 is 6.10 Å². The van der Waals surface area contributed by atoms with Crippen molar-refractivity contribution < 1.29 is 9.90 Å². The van der Waals surface area contributed by atoms with Gasteiger partial charge >= 0.3 is 0 Å². The highest BCUT2D eigenvalue weighted by molar-refractivity contribution is 5.98. The van der Waals surface area contributed by atoms with Crippen molar-refractivity contribution in [2.75, 3.05) is 0 Å². The molecule has 1 atom stereocenters.